The second-order valence-electron chi connectivity index (χ2n) is 4.46. The number of primary amides is 1. The maximum atomic E-state index is 11.5. The summed E-state index contributed by atoms with van der Waals surface area (Å²) in [7, 11) is 0. The zero-order valence-electron chi connectivity index (χ0n) is 9.93. The Morgan fingerprint density at radius 3 is 2.65 bits per heavy atom. The van der Waals surface area contributed by atoms with Crippen LogP contribution in [-0.4, -0.2) is 28.1 Å². The van der Waals surface area contributed by atoms with Crippen LogP contribution < -0.4 is 16.8 Å². The van der Waals surface area contributed by atoms with Crippen LogP contribution in [0.5, 0.6) is 0 Å². The predicted molar refractivity (Wildman–Crippen MR) is 62.6 cm³/mol. The van der Waals surface area contributed by atoms with E-state index >= 15 is 0 Å². The Morgan fingerprint density at radius 2 is 2.18 bits per heavy atom. The summed E-state index contributed by atoms with van der Waals surface area (Å²) in [6.45, 7) is 3.59. The van der Waals surface area contributed by atoms with E-state index in [1.165, 1.54) is 4.68 Å². The molecule has 0 radical (unpaired) electrons. The van der Waals surface area contributed by atoms with Gasteiger partial charge in [-0.05, 0) is 19.9 Å². The molecule has 2 amide bonds. The molecule has 0 aliphatic rings. The number of carbonyl (C=O) groups is 2. The van der Waals surface area contributed by atoms with Gasteiger partial charge in [-0.2, -0.15) is 5.10 Å². The minimum atomic E-state index is -0.765. The largest absolute Gasteiger partial charge is 0.382 e. The highest BCUT2D eigenvalue weighted by molar-refractivity contribution is 5.82. The number of nitrogens with one attached hydrogen (secondary N) is 1. The van der Waals surface area contributed by atoms with Crippen molar-refractivity contribution in [1.82, 2.24) is 15.1 Å². The van der Waals surface area contributed by atoms with Crippen molar-refractivity contribution in [2.24, 2.45) is 11.1 Å². The minimum absolute atomic E-state index is 0.0615. The van der Waals surface area contributed by atoms with Crippen LogP contribution in [0, 0.1) is 5.41 Å². The van der Waals surface area contributed by atoms with Crippen molar-refractivity contribution in [3.8, 4) is 0 Å². The van der Waals surface area contributed by atoms with E-state index in [0.29, 0.717) is 5.82 Å². The number of nitrogens with two attached hydrogens (primary N) is 2. The standard InChI is InChI=1S/C10H17N5O2/c1-10(2,9(12)17)6-13-8(16)5-15-4-3-7(11)14-15/h3-4H,5-6H2,1-2H3,(H2,11,14)(H2,12,17)(H,13,16). The van der Waals surface area contributed by atoms with E-state index in [1.54, 1.807) is 26.1 Å². The first kappa shape index (κ1) is 13.0. The number of hydrogen-bond donors (Lipinski definition) is 3. The van der Waals surface area contributed by atoms with E-state index in [9.17, 15) is 9.59 Å². The molecule has 0 aromatic carbocycles. The zero-order valence-corrected chi connectivity index (χ0v) is 9.93. The predicted octanol–water partition coefficient (Wildman–Crippen LogP) is -0.907. The van der Waals surface area contributed by atoms with Crippen molar-refractivity contribution < 1.29 is 9.59 Å². The molecule has 0 spiro atoms. The molecule has 1 rings (SSSR count). The van der Waals surface area contributed by atoms with Gasteiger partial charge in [-0.15, -0.1) is 0 Å². The summed E-state index contributed by atoms with van der Waals surface area (Å²) in [5, 5.41) is 6.49. The Balaban J connectivity index is 2.43. The van der Waals surface area contributed by atoms with Gasteiger partial charge in [-0.25, -0.2) is 0 Å². The Bertz CT molecular complexity index is 424. The average Bonchev–Trinajstić information content (AvgIpc) is 2.61. The van der Waals surface area contributed by atoms with Gasteiger partial charge in [-0.1, -0.05) is 0 Å². The topological polar surface area (TPSA) is 116 Å². The fourth-order valence-corrected chi connectivity index (χ4v) is 1.08. The molecule has 0 aliphatic heterocycles. The summed E-state index contributed by atoms with van der Waals surface area (Å²) in [6, 6.07) is 1.60. The molecule has 94 valence electrons. The number of nitrogen functional groups attached to an aromatic ring is 1. The normalized spacial score (nSPS) is 11.2. The monoisotopic (exact) mass is 239 g/mol. The third-order valence-corrected chi connectivity index (χ3v) is 2.36. The molecule has 17 heavy (non-hydrogen) atoms. The van der Waals surface area contributed by atoms with Crippen molar-refractivity contribution in [1.29, 1.82) is 0 Å². The van der Waals surface area contributed by atoms with Crippen LogP contribution in [-0.2, 0) is 16.1 Å². The molecule has 0 atom stereocenters. The lowest BCUT2D eigenvalue weighted by Gasteiger charge is -2.20. The molecule has 0 bridgehead atoms. The highest BCUT2D eigenvalue weighted by Gasteiger charge is 2.25. The molecule has 0 fully saturated rings. The van der Waals surface area contributed by atoms with Gasteiger partial charge in [0.15, 0.2) is 0 Å². The van der Waals surface area contributed by atoms with E-state index in [-0.39, 0.29) is 19.0 Å². The lowest BCUT2D eigenvalue weighted by Crippen LogP contribution is -2.43. The molecule has 0 saturated carbocycles. The SMILES string of the molecule is CC(C)(CNC(=O)Cn1ccc(N)n1)C(N)=O. The van der Waals surface area contributed by atoms with Crippen LogP contribution in [0.2, 0.25) is 0 Å². The first-order valence-electron chi connectivity index (χ1n) is 5.17. The number of rotatable bonds is 5. The molecule has 1 aromatic heterocycles. The van der Waals surface area contributed by atoms with Crippen molar-refractivity contribution >= 4 is 17.6 Å². The van der Waals surface area contributed by atoms with Gasteiger partial charge < -0.3 is 16.8 Å². The highest BCUT2D eigenvalue weighted by Crippen LogP contribution is 2.11. The first-order chi connectivity index (χ1) is 7.81. The number of carbonyl (C=O) groups excluding carboxylic acids is 2. The maximum absolute atomic E-state index is 11.5. The van der Waals surface area contributed by atoms with Gasteiger partial charge in [-0.3, -0.25) is 14.3 Å². The minimum Gasteiger partial charge on any atom is -0.382 e. The third kappa shape index (κ3) is 3.78. The lowest BCUT2D eigenvalue weighted by molar-refractivity contribution is -0.127. The third-order valence-electron chi connectivity index (χ3n) is 2.36. The van der Waals surface area contributed by atoms with Crippen LogP contribution >= 0.6 is 0 Å². The molecule has 0 aliphatic carbocycles. The molecule has 1 heterocycles. The summed E-state index contributed by atoms with van der Waals surface area (Å²) < 4.78 is 1.42. The van der Waals surface area contributed by atoms with E-state index in [1.807, 2.05) is 0 Å². The molecular formula is C10H17N5O2. The van der Waals surface area contributed by atoms with Gasteiger partial charge in [0.25, 0.3) is 0 Å². The summed E-state index contributed by atoms with van der Waals surface area (Å²) >= 11 is 0. The van der Waals surface area contributed by atoms with Crippen molar-refractivity contribution in [2.45, 2.75) is 20.4 Å². The fourth-order valence-electron chi connectivity index (χ4n) is 1.08. The van der Waals surface area contributed by atoms with E-state index in [2.05, 4.69) is 10.4 Å². The summed E-state index contributed by atoms with van der Waals surface area (Å²) in [6.07, 6.45) is 1.61. The quantitative estimate of drug-likeness (QED) is 0.617. The molecule has 7 heteroatoms. The van der Waals surface area contributed by atoms with Gasteiger partial charge >= 0.3 is 0 Å². The van der Waals surface area contributed by atoms with E-state index < -0.39 is 11.3 Å². The smallest absolute Gasteiger partial charge is 0.241 e. The van der Waals surface area contributed by atoms with Crippen LogP contribution in [0.3, 0.4) is 0 Å². The van der Waals surface area contributed by atoms with Crippen LogP contribution in [0.15, 0.2) is 12.3 Å². The Hall–Kier alpha value is -2.05. The van der Waals surface area contributed by atoms with Gasteiger partial charge in [0.2, 0.25) is 11.8 Å². The Kier molecular flexibility index (Phi) is 3.72. The lowest BCUT2D eigenvalue weighted by atomic mass is 9.93. The van der Waals surface area contributed by atoms with Gasteiger partial charge in [0.1, 0.15) is 12.4 Å². The average molecular weight is 239 g/mol. The molecule has 1 aromatic rings. The zero-order chi connectivity index (χ0) is 13.1. The second kappa shape index (κ2) is 4.86. The molecule has 5 N–H and O–H groups in total. The number of nitrogens with zero attached hydrogens (tertiary/aromatic N) is 2. The molecule has 0 unspecified atom stereocenters. The number of anilines is 1. The number of amides is 2. The van der Waals surface area contributed by atoms with E-state index in [4.69, 9.17) is 11.5 Å². The molecule has 0 saturated heterocycles. The number of hydrogen-bond acceptors (Lipinski definition) is 4. The summed E-state index contributed by atoms with van der Waals surface area (Å²) in [5.41, 5.74) is 9.84. The maximum Gasteiger partial charge on any atom is 0.241 e. The molecular weight excluding hydrogens is 222 g/mol. The molecule has 7 nitrogen and oxygen atoms in total. The van der Waals surface area contributed by atoms with Crippen LogP contribution in [0.1, 0.15) is 13.8 Å². The van der Waals surface area contributed by atoms with Gasteiger partial charge in [0.05, 0.1) is 5.41 Å². The van der Waals surface area contributed by atoms with Crippen molar-refractivity contribution in [2.75, 3.05) is 12.3 Å². The highest BCUT2D eigenvalue weighted by atomic mass is 16.2. The Morgan fingerprint density at radius 1 is 1.53 bits per heavy atom. The second-order valence-corrected chi connectivity index (χ2v) is 4.46. The summed E-state index contributed by atoms with van der Waals surface area (Å²) in [4.78, 5) is 22.6. The number of aromatic nitrogens is 2. The first-order valence-corrected chi connectivity index (χ1v) is 5.17. The van der Waals surface area contributed by atoms with Crippen molar-refractivity contribution in [3.63, 3.8) is 0 Å². The van der Waals surface area contributed by atoms with Crippen molar-refractivity contribution in [3.05, 3.63) is 12.3 Å². The van der Waals surface area contributed by atoms with Crippen LogP contribution in [0.25, 0.3) is 0 Å². The van der Waals surface area contributed by atoms with E-state index in [0.717, 1.165) is 0 Å². The van der Waals surface area contributed by atoms with Gasteiger partial charge in [0, 0.05) is 12.7 Å². The summed E-state index contributed by atoms with van der Waals surface area (Å²) in [5.74, 6) is -0.348. The fraction of sp³-hybridized carbons (Fsp3) is 0.500. The Labute approximate surface area is 99.1 Å². The van der Waals surface area contributed by atoms with Crippen LogP contribution in [0.4, 0.5) is 5.82 Å².